The van der Waals surface area contributed by atoms with E-state index in [-0.39, 0.29) is 37.7 Å². The molecule has 12 heteroatoms. The fourth-order valence-corrected chi connectivity index (χ4v) is 2.62. The molecular weight excluding hydrogens is 502 g/mol. The van der Waals surface area contributed by atoms with E-state index in [9.17, 15) is 19.2 Å². The third-order valence-corrected chi connectivity index (χ3v) is 4.97. The number of hydrogen-bond acceptors (Lipinski definition) is 12. The molecule has 0 aliphatic rings. The van der Waals surface area contributed by atoms with Crippen LogP contribution in [0, 0.1) is 0 Å². The average Bonchev–Trinajstić information content (AvgIpc) is 2.86. The summed E-state index contributed by atoms with van der Waals surface area (Å²) in [5.74, 6) is -0.937. The molecule has 1 aromatic carbocycles. The minimum Gasteiger partial charge on any atom is -0.458 e. The molecule has 0 aliphatic heterocycles. The van der Waals surface area contributed by atoms with E-state index in [0.29, 0.717) is 24.8 Å². The molecule has 0 aromatic heterocycles. The molecule has 1 rings (SSSR count). The fourth-order valence-electron chi connectivity index (χ4n) is 2.62. The van der Waals surface area contributed by atoms with E-state index >= 15 is 0 Å². The van der Waals surface area contributed by atoms with Crippen molar-refractivity contribution in [3.05, 3.63) is 23.8 Å². The van der Waals surface area contributed by atoms with Crippen LogP contribution >= 0.6 is 0 Å². The van der Waals surface area contributed by atoms with E-state index in [1.807, 2.05) is 20.8 Å². The Labute approximate surface area is 223 Å². The van der Waals surface area contributed by atoms with Crippen molar-refractivity contribution in [3.63, 3.8) is 0 Å². The standard InChI is InChI=1S/C26H39NO11/c1-7-12-32-23(29)36-20-11-10-18(15-21(20)37-24(30)33-13-8-2)14-19(27)22(28)35-17(4)16-34-25(31)38-26(5,6)9-3/h10-11,15,17,19H,7-9,12-14,16,27H2,1-6H3/t17-,19-/m0/s1. The number of rotatable bonds is 14. The van der Waals surface area contributed by atoms with Crippen molar-refractivity contribution < 1.29 is 52.3 Å². The lowest BCUT2D eigenvalue weighted by molar-refractivity contribution is -0.152. The quantitative estimate of drug-likeness (QED) is 0.197. The largest absolute Gasteiger partial charge is 0.513 e. The summed E-state index contributed by atoms with van der Waals surface area (Å²) < 4.78 is 35.6. The number of nitrogens with two attached hydrogens (primary N) is 1. The number of ether oxygens (including phenoxy) is 7. The molecular formula is C26H39NO11. The van der Waals surface area contributed by atoms with Crippen molar-refractivity contribution in [2.45, 2.75) is 85.0 Å². The van der Waals surface area contributed by atoms with Crippen LogP contribution in [-0.4, -0.2) is 62.0 Å². The van der Waals surface area contributed by atoms with E-state index in [4.69, 9.17) is 38.9 Å². The van der Waals surface area contributed by atoms with Gasteiger partial charge in [0.2, 0.25) is 0 Å². The number of benzene rings is 1. The molecule has 0 unspecified atom stereocenters. The molecule has 0 amide bonds. The van der Waals surface area contributed by atoms with Crippen LogP contribution in [0.3, 0.4) is 0 Å². The third-order valence-electron chi connectivity index (χ3n) is 4.97. The van der Waals surface area contributed by atoms with Gasteiger partial charge < -0.3 is 38.9 Å². The molecule has 1 aromatic rings. The highest BCUT2D eigenvalue weighted by molar-refractivity contribution is 5.76. The SMILES string of the molecule is CCCOC(=O)Oc1ccc(C[C@H](N)C(=O)O[C@@H](C)COC(=O)OC(C)(C)CC)cc1OC(=O)OCCC. The predicted molar refractivity (Wildman–Crippen MR) is 135 cm³/mol. The van der Waals surface area contributed by atoms with Gasteiger partial charge in [0, 0.05) is 0 Å². The summed E-state index contributed by atoms with van der Waals surface area (Å²) in [5.41, 5.74) is 5.81. The molecule has 0 spiro atoms. The molecule has 0 bridgehead atoms. The van der Waals surface area contributed by atoms with Gasteiger partial charge in [-0.15, -0.1) is 0 Å². The van der Waals surface area contributed by atoms with Crippen molar-refractivity contribution >= 4 is 24.4 Å². The average molecular weight is 542 g/mol. The summed E-state index contributed by atoms with van der Waals surface area (Å²) in [6, 6.07) is 3.21. The number of hydrogen-bond donors (Lipinski definition) is 1. The van der Waals surface area contributed by atoms with Gasteiger partial charge in [0.25, 0.3) is 0 Å². The fraction of sp³-hybridized carbons (Fsp3) is 0.615. The number of carbonyl (C=O) groups is 4. The molecule has 2 atom stereocenters. The minimum atomic E-state index is -1.09. The Morgan fingerprint density at radius 1 is 0.868 bits per heavy atom. The van der Waals surface area contributed by atoms with Crippen molar-refractivity contribution in [3.8, 4) is 11.5 Å². The molecule has 0 radical (unpaired) electrons. The van der Waals surface area contributed by atoms with Gasteiger partial charge in [-0.25, -0.2) is 14.4 Å². The van der Waals surface area contributed by atoms with Gasteiger partial charge in [0.1, 0.15) is 24.4 Å². The molecule has 0 fully saturated rings. The monoisotopic (exact) mass is 541 g/mol. The molecule has 38 heavy (non-hydrogen) atoms. The third kappa shape index (κ3) is 12.6. The van der Waals surface area contributed by atoms with Gasteiger partial charge in [-0.05, 0) is 64.2 Å². The van der Waals surface area contributed by atoms with Gasteiger partial charge in [-0.1, -0.05) is 26.8 Å². The number of carbonyl (C=O) groups excluding carboxylic acids is 4. The van der Waals surface area contributed by atoms with Crippen molar-refractivity contribution in [2.24, 2.45) is 5.73 Å². The predicted octanol–water partition coefficient (Wildman–Crippen LogP) is 4.68. The van der Waals surface area contributed by atoms with Crippen LogP contribution < -0.4 is 15.2 Å². The van der Waals surface area contributed by atoms with Crippen LogP contribution in [0.2, 0.25) is 0 Å². The van der Waals surface area contributed by atoms with Gasteiger partial charge in [0.15, 0.2) is 11.5 Å². The first-order chi connectivity index (χ1) is 17.9. The topological polar surface area (TPSA) is 159 Å². The van der Waals surface area contributed by atoms with Crippen LogP contribution in [0.1, 0.15) is 66.4 Å². The molecule has 0 saturated heterocycles. The maximum absolute atomic E-state index is 12.5. The Balaban J connectivity index is 2.80. The maximum atomic E-state index is 12.5. The van der Waals surface area contributed by atoms with Gasteiger partial charge in [-0.3, -0.25) is 4.79 Å². The van der Waals surface area contributed by atoms with Gasteiger partial charge in [-0.2, -0.15) is 0 Å². The highest BCUT2D eigenvalue weighted by Crippen LogP contribution is 2.30. The smallest absolute Gasteiger partial charge is 0.458 e. The second-order valence-corrected chi connectivity index (χ2v) is 9.02. The van der Waals surface area contributed by atoms with E-state index < -0.39 is 42.2 Å². The first kappa shape index (κ1) is 32.5. The first-order valence-electron chi connectivity index (χ1n) is 12.5. The van der Waals surface area contributed by atoms with Crippen LogP contribution in [0.5, 0.6) is 11.5 Å². The van der Waals surface area contributed by atoms with Gasteiger partial charge in [0.05, 0.1) is 13.2 Å². The molecule has 0 heterocycles. The zero-order valence-electron chi connectivity index (χ0n) is 22.9. The van der Waals surface area contributed by atoms with Crippen molar-refractivity contribution in [1.29, 1.82) is 0 Å². The molecule has 12 nitrogen and oxygen atoms in total. The highest BCUT2D eigenvalue weighted by atomic mass is 16.8. The first-order valence-corrected chi connectivity index (χ1v) is 12.5. The van der Waals surface area contributed by atoms with Crippen LogP contribution in [0.4, 0.5) is 14.4 Å². The highest BCUT2D eigenvalue weighted by Gasteiger charge is 2.24. The summed E-state index contributed by atoms with van der Waals surface area (Å²) in [4.78, 5) is 48.1. The maximum Gasteiger partial charge on any atom is 0.513 e. The van der Waals surface area contributed by atoms with Crippen LogP contribution in [-0.2, 0) is 34.9 Å². The molecule has 214 valence electrons. The minimum absolute atomic E-state index is 0.0000698. The van der Waals surface area contributed by atoms with Crippen molar-refractivity contribution in [2.75, 3.05) is 19.8 Å². The number of esters is 1. The second kappa shape index (κ2) is 16.3. The van der Waals surface area contributed by atoms with E-state index in [1.54, 1.807) is 20.8 Å². The Kier molecular flexibility index (Phi) is 14.0. The van der Waals surface area contributed by atoms with Gasteiger partial charge >= 0.3 is 24.4 Å². The lowest BCUT2D eigenvalue weighted by Gasteiger charge is -2.23. The van der Waals surface area contributed by atoms with Crippen LogP contribution in [0.25, 0.3) is 0 Å². The Morgan fingerprint density at radius 2 is 1.45 bits per heavy atom. The molecule has 0 aliphatic carbocycles. The lowest BCUT2D eigenvalue weighted by atomic mass is 10.1. The van der Waals surface area contributed by atoms with E-state index in [1.165, 1.54) is 18.2 Å². The normalized spacial score (nSPS) is 12.5. The van der Waals surface area contributed by atoms with Crippen molar-refractivity contribution in [1.82, 2.24) is 0 Å². The van der Waals surface area contributed by atoms with E-state index in [2.05, 4.69) is 0 Å². The zero-order chi connectivity index (χ0) is 28.7. The zero-order valence-corrected chi connectivity index (χ0v) is 22.9. The summed E-state index contributed by atoms with van der Waals surface area (Å²) in [5, 5.41) is 0. The summed E-state index contributed by atoms with van der Waals surface area (Å²) >= 11 is 0. The molecule has 0 saturated carbocycles. The van der Waals surface area contributed by atoms with Crippen LogP contribution in [0.15, 0.2) is 18.2 Å². The summed E-state index contributed by atoms with van der Waals surface area (Å²) in [6.07, 6.45) is -1.82. The summed E-state index contributed by atoms with van der Waals surface area (Å²) in [7, 11) is 0. The second-order valence-electron chi connectivity index (χ2n) is 9.02. The van der Waals surface area contributed by atoms with E-state index in [0.717, 1.165) is 0 Å². The lowest BCUT2D eigenvalue weighted by Crippen LogP contribution is -2.37. The Morgan fingerprint density at radius 3 is 2.00 bits per heavy atom. The molecule has 2 N–H and O–H groups in total. The summed E-state index contributed by atoms with van der Waals surface area (Å²) in [6.45, 7) is 10.6. The Hall–Kier alpha value is -3.54. The Bertz CT molecular complexity index is 932.